The van der Waals surface area contributed by atoms with Gasteiger partial charge in [-0.3, -0.25) is 9.59 Å². The van der Waals surface area contributed by atoms with Gasteiger partial charge in [-0.1, -0.05) is 34.1 Å². The maximum Gasteiger partial charge on any atom is 0.254 e. The van der Waals surface area contributed by atoms with Crippen molar-refractivity contribution in [2.45, 2.75) is 38.8 Å². The molecular formula is C30H31BrN2O5. The molecule has 3 aromatic carbocycles. The molecular weight excluding hydrogens is 548 g/mol. The van der Waals surface area contributed by atoms with E-state index in [2.05, 4.69) is 21.2 Å². The first-order valence-corrected chi connectivity index (χ1v) is 13.7. The van der Waals surface area contributed by atoms with Crippen LogP contribution in [0.15, 0.2) is 59.1 Å². The summed E-state index contributed by atoms with van der Waals surface area (Å²) in [7, 11) is 1.61. The van der Waals surface area contributed by atoms with Crippen molar-refractivity contribution in [3.05, 3.63) is 86.9 Å². The number of amides is 2. The number of halogens is 1. The first-order chi connectivity index (χ1) is 18.5. The molecule has 0 spiro atoms. The van der Waals surface area contributed by atoms with Gasteiger partial charge in [0.05, 0.1) is 32.3 Å². The van der Waals surface area contributed by atoms with Crippen LogP contribution in [0.4, 0.5) is 0 Å². The fourth-order valence-corrected chi connectivity index (χ4v) is 5.94. The maximum atomic E-state index is 14.0. The van der Waals surface area contributed by atoms with E-state index in [1.165, 1.54) is 0 Å². The van der Waals surface area contributed by atoms with E-state index in [9.17, 15) is 9.59 Å². The van der Waals surface area contributed by atoms with Crippen molar-refractivity contribution in [3.8, 4) is 17.2 Å². The minimum Gasteiger partial charge on any atom is -0.496 e. The number of rotatable bonds is 8. The quantitative estimate of drug-likeness (QED) is 0.387. The van der Waals surface area contributed by atoms with Crippen molar-refractivity contribution in [3.63, 3.8) is 0 Å². The van der Waals surface area contributed by atoms with E-state index >= 15 is 0 Å². The van der Waals surface area contributed by atoms with Crippen molar-refractivity contribution >= 4 is 27.7 Å². The second kappa shape index (κ2) is 11.1. The van der Waals surface area contributed by atoms with Gasteiger partial charge in [-0.15, -0.1) is 0 Å². The van der Waals surface area contributed by atoms with Crippen LogP contribution >= 0.6 is 15.9 Å². The number of carbonyl (C=O) groups is 2. The van der Waals surface area contributed by atoms with E-state index in [1.807, 2.05) is 73.3 Å². The topological polar surface area (TPSA) is 77.1 Å². The lowest BCUT2D eigenvalue weighted by Gasteiger charge is -2.45. The van der Waals surface area contributed by atoms with Crippen LogP contribution in [0.2, 0.25) is 0 Å². The smallest absolute Gasteiger partial charge is 0.254 e. The van der Waals surface area contributed by atoms with Crippen molar-refractivity contribution in [2.75, 3.05) is 26.9 Å². The summed E-state index contributed by atoms with van der Waals surface area (Å²) in [4.78, 5) is 29.5. The monoisotopic (exact) mass is 578 g/mol. The van der Waals surface area contributed by atoms with Crippen LogP contribution in [0.5, 0.6) is 17.2 Å². The number of benzene rings is 3. The number of fused-ring (bicyclic) bond motifs is 4. The lowest BCUT2D eigenvalue weighted by molar-refractivity contribution is -0.124. The summed E-state index contributed by atoms with van der Waals surface area (Å²) in [6.45, 7) is 5.68. The highest BCUT2D eigenvalue weighted by atomic mass is 79.9. The number of methoxy groups -OCH3 is 1. The molecule has 0 aliphatic carbocycles. The zero-order valence-corrected chi connectivity index (χ0v) is 23.3. The first-order valence-electron chi connectivity index (χ1n) is 12.9. The Morgan fingerprint density at radius 3 is 2.47 bits per heavy atom. The second-order valence-corrected chi connectivity index (χ2v) is 10.2. The van der Waals surface area contributed by atoms with Crippen LogP contribution in [-0.2, 0) is 17.8 Å². The molecule has 198 valence electrons. The van der Waals surface area contributed by atoms with Gasteiger partial charge in [0.2, 0.25) is 5.91 Å². The molecule has 1 N–H and O–H groups in total. The Bertz CT molecular complexity index is 1370. The summed E-state index contributed by atoms with van der Waals surface area (Å²) in [5.74, 6) is 1.21. The zero-order chi connectivity index (χ0) is 26.8. The van der Waals surface area contributed by atoms with Gasteiger partial charge in [0.25, 0.3) is 5.91 Å². The Balaban J connectivity index is 1.57. The number of nitrogens with one attached hydrogen (secondary N) is 1. The van der Waals surface area contributed by atoms with E-state index < -0.39 is 12.0 Å². The largest absolute Gasteiger partial charge is 0.496 e. The molecule has 2 atom stereocenters. The van der Waals surface area contributed by atoms with Gasteiger partial charge in [-0.25, -0.2) is 0 Å². The Kier molecular flexibility index (Phi) is 7.61. The third-order valence-electron chi connectivity index (χ3n) is 7.16. The Morgan fingerprint density at radius 1 is 1.00 bits per heavy atom. The molecule has 2 amide bonds. The van der Waals surface area contributed by atoms with E-state index in [0.29, 0.717) is 55.5 Å². The number of nitrogens with zero attached hydrogens (tertiary/aromatic N) is 1. The van der Waals surface area contributed by atoms with E-state index in [4.69, 9.17) is 14.2 Å². The predicted octanol–water partition coefficient (Wildman–Crippen LogP) is 5.41. The lowest BCUT2D eigenvalue weighted by atomic mass is 9.75. The number of ether oxygens (including phenoxy) is 3. The molecule has 0 radical (unpaired) electrons. The summed E-state index contributed by atoms with van der Waals surface area (Å²) in [5, 5.41) is 3.13. The van der Waals surface area contributed by atoms with Gasteiger partial charge in [0.15, 0.2) is 11.5 Å². The highest BCUT2D eigenvalue weighted by Gasteiger charge is 2.46. The molecule has 0 bridgehead atoms. The van der Waals surface area contributed by atoms with Crippen LogP contribution in [0.1, 0.15) is 58.4 Å². The molecule has 5 rings (SSSR count). The average molecular weight is 579 g/mol. The SMILES string of the molecule is CCOc1cc2c(cc1OCC)[C@@H]1[C@@H](C(=O)NCc3cc(Br)ccc3OC)c3ccccc3C(=O)N1CC2. The van der Waals surface area contributed by atoms with Crippen LogP contribution in [0, 0.1) is 0 Å². The van der Waals surface area contributed by atoms with Crippen molar-refractivity contribution in [2.24, 2.45) is 0 Å². The third kappa shape index (κ3) is 4.73. The molecule has 2 aliphatic rings. The van der Waals surface area contributed by atoms with Crippen LogP contribution in [-0.4, -0.2) is 43.6 Å². The lowest BCUT2D eigenvalue weighted by Crippen LogP contribution is -2.50. The fourth-order valence-electron chi connectivity index (χ4n) is 5.53. The summed E-state index contributed by atoms with van der Waals surface area (Å²) < 4.78 is 18.2. The first kappa shape index (κ1) is 26.1. The molecule has 7 nitrogen and oxygen atoms in total. The maximum absolute atomic E-state index is 14.0. The third-order valence-corrected chi connectivity index (χ3v) is 7.66. The van der Waals surface area contributed by atoms with Crippen LogP contribution < -0.4 is 19.5 Å². The molecule has 0 unspecified atom stereocenters. The Morgan fingerprint density at radius 2 is 1.74 bits per heavy atom. The Labute approximate surface area is 231 Å². The second-order valence-electron chi connectivity index (χ2n) is 9.30. The normalized spacial score (nSPS) is 17.7. The summed E-state index contributed by atoms with van der Waals surface area (Å²) >= 11 is 3.50. The van der Waals surface area contributed by atoms with E-state index in [-0.39, 0.29) is 11.8 Å². The summed E-state index contributed by atoms with van der Waals surface area (Å²) in [6, 6.07) is 16.6. The molecule has 3 aromatic rings. The zero-order valence-electron chi connectivity index (χ0n) is 21.8. The summed E-state index contributed by atoms with van der Waals surface area (Å²) in [6.07, 6.45) is 0.676. The van der Waals surface area contributed by atoms with Crippen LogP contribution in [0.3, 0.4) is 0 Å². The molecule has 0 aromatic heterocycles. The number of hydrogen-bond donors (Lipinski definition) is 1. The molecule has 38 heavy (non-hydrogen) atoms. The van der Waals surface area contributed by atoms with Crippen LogP contribution in [0.25, 0.3) is 0 Å². The Hall–Kier alpha value is -3.52. The van der Waals surface area contributed by atoms with Gasteiger partial charge >= 0.3 is 0 Å². The molecule has 2 aliphatic heterocycles. The molecule has 8 heteroatoms. The molecule has 0 saturated carbocycles. The van der Waals surface area contributed by atoms with Crippen molar-refractivity contribution in [1.82, 2.24) is 10.2 Å². The number of hydrogen-bond acceptors (Lipinski definition) is 5. The number of carbonyl (C=O) groups excluding carboxylic acids is 2. The van der Waals surface area contributed by atoms with E-state index in [0.717, 1.165) is 26.7 Å². The van der Waals surface area contributed by atoms with E-state index in [1.54, 1.807) is 7.11 Å². The van der Waals surface area contributed by atoms with Gasteiger partial charge in [0, 0.05) is 28.7 Å². The predicted molar refractivity (Wildman–Crippen MR) is 148 cm³/mol. The van der Waals surface area contributed by atoms with Gasteiger partial charge in [-0.2, -0.15) is 0 Å². The summed E-state index contributed by atoms with van der Waals surface area (Å²) in [5.41, 5.74) is 4.15. The van der Waals surface area contributed by atoms with Gasteiger partial charge < -0.3 is 24.4 Å². The van der Waals surface area contributed by atoms with Gasteiger partial charge in [-0.05, 0) is 73.4 Å². The highest BCUT2D eigenvalue weighted by Crippen LogP contribution is 2.48. The minimum atomic E-state index is -0.589. The van der Waals surface area contributed by atoms with Gasteiger partial charge in [0.1, 0.15) is 5.75 Å². The van der Waals surface area contributed by atoms with Crippen molar-refractivity contribution < 1.29 is 23.8 Å². The molecule has 2 heterocycles. The molecule has 0 fully saturated rings. The van der Waals surface area contributed by atoms with Crippen molar-refractivity contribution in [1.29, 1.82) is 0 Å². The highest BCUT2D eigenvalue weighted by molar-refractivity contribution is 9.10. The average Bonchev–Trinajstić information content (AvgIpc) is 2.92. The minimum absolute atomic E-state index is 0.0548. The standard InChI is InChI=1S/C30H31BrN2O5/c1-4-37-25-15-18-12-13-33-28(23(18)16-26(25)38-5-2)27(21-8-6-7-9-22(21)30(33)35)29(34)32-17-19-14-20(31)10-11-24(19)36-3/h6-11,14-16,27-28H,4-5,12-13,17H2,1-3H3,(H,32,34)/t27-,28+/m0/s1. The fraction of sp³-hybridized carbons (Fsp3) is 0.333. The molecule has 0 saturated heterocycles.